The lowest BCUT2D eigenvalue weighted by Crippen LogP contribution is -2.45. The molecule has 0 fully saturated rings. The van der Waals surface area contributed by atoms with Crippen molar-refractivity contribution in [3.63, 3.8) is 0 Å². The van der Waals surface area contributed by atoms with E-state index in [4.69, 9.17) is 0 Å². The zero-order valence-corrected chi connectivity index (χ0v) is 12.3. The van der Waals surface area contributed by atoms with Gasteiger partial charge in [-0.1, -0.05) is 19.9 Å². The summed E-state index contributed by atoms with van der Waals surface area (Å²) in [6.45, 7) is 5.27. The first-order valence-electron chi connectivity index (χ1n) is 5.48. The fraction of sp³-hybridized carbons (Fsp3) is 0.667. The number of halogens is 1. The molecule has 0 radical (unpaired) electrons. The van der Waals surface area contributed by atoms with E-state index in [1.807, 2.05) is 36.4 Å². The van der Waals surface area contributed by atoms with Crippen LogP contribution in [-0.4, -0.2) is 22.2 Å². The maximum Gasteiger partial charge on any atom is 0.313 e. The Hall–Kier alpha value is -0.590. The van der Waals surface area contributed by atoms with Crippen molar-refractivity contribution >= 4 is 34.5 Å². The number of hydrogen-bond acceptors (Lipinski definition) is 2. The molecule has 0 aromatic heterocycles. The molecule has 2 unspecified atom stereocenters. The number of carboxylic acid groups (broad SMARTS) is 2. The van der Waals surface area contributed by atoms with Crippen molar-refractivity contribution in [1.29, 1.82) is 0 Å². The average molecular weight is 352 g/mol. The molecule has 17 heavy (non-hydrogen) atoms. The predicted molar refractivity (Wildman–Crippen MR) is 72.0 cm³/mol. The molecule has 1 aliphatic rings. The summed E-state index contributed by atoms with van der Waals surface area (Å²) in [5, 5.41) is 18.7. The van der Waals surface area contributed by atoms with E-state index in [-0.39, 0.29) is 12.3 Å². The fourth-order valence-corrected chi connectivity index (χ4v) is 3.77. The van der Waals surface area contributed by atoms with Gasteiger partial charge in [-0.15, -0.1) is 0 Å². The topological polar surface area (TPSA) is 74.6 Å². The summed E-state index contributed by atoms with van der Waals surface area (Å²) in [4.78, 5) is 22.9. The van der Waals surface area contributed by atoms with Crippen LogP contribution in [0.1, 0.15) is 33.6 Å². The van der Waals surface area contributed by atoms with Gasteiger partial charge in [0.25, 0.3) is 0 Å². The fourth-order valence-electron chi connectivity index (χ4n) is 2.37. The Kier molecular flexibility index (Phi) is 3.91. The van der Waals surface area contributed by atoms with Gasteiger partial charge in [0, 0.05) is 0 Å². The lowest BCUT2D eigenvalue weighted by molar-refractivity contribution is -0.157. The number of carboxylic acids is 2. The number of allylic oxidation sites excluding steroid dienone is 1. The Morgan fingerprint density at radius 1 is 1.35 bits per heavy atom. The van der Waals surface area contributed by atoms with E-state index < -0.39 is 22.8 Å². The van der Waals surface area contributed by atoms with E-state index in [0.717, 1.165) is 3.58 Å². The van der Waals surface area contributed by atoms with E-state index in [1.54, 1.807) is 13.0 Å². The summed E-state index contributed by atoms with van der Waals surface area (Å²) in [6.07, 6.45) is 2.28. The molecule has 0 saturated heterocycles. The zero-order chi connectivity index (χ0) is 13.4. The van der Waals surface area contributed by atoms with E-state index in [0.29, 0.717) is 6.42 Å². The molecule has 96 valence electrons. The molecule has 0 spiro atoms. The van der Waals surface area contributed by atoms with Gasteiger partial charge in [0.2, 0.25) is 0 Å². The summed E-state index contributed by atoms with van der Waals surface area (Å²) in [6, 6.07) is 0. The molecule has 1 aliphatic carbocycles. The van der Waals surface area contributed by atoms with Gasteiger partial charge in [-0.05, 0) is 51.9 Å². The Morgan fingerprint density at radius 3 is 2.24 bits per heavy atom. The highest BCUT2D eigenvalue weighted by Crippen LogP contribution is 2.50. The molecule has 0 saturated carbocycles. The molecule has 2 N–H and O–H groups in total. The van der Waals surface area contributed by atoms with Crippen LogP contribution in [0.2, 0.25) is 0 Å². The predicted octanol–water partition coefficient (Wildman–Crippen LogP) is 2.92. The van der Waals surface area contributed by atoms with Crippen molar-refractivity contribution in [2.75, 3.05) is 0 Å². The maximum absolute atomic E-state index is 11.5. The van der Waals surface area contributed by atoms with E-state index in [1.165, 1.54) is 0 Å². The summed E-state index contributed by atoms with van der Waals surface area (Å²) < 4.78 is 0.815. The van der Waals surface area contributed by atoms with Crippen LogP contribution in [-0.2, 0) is 9.59 Å². The first-order chi connectivity index (χ1) is 7.64. The van der Waals surface area contributed by atoms with Gasteiger partial charge in [0.15, 0.2) is 0 Å². The second-order valence-electron chi connectivity index (χ2n) is 5.31. The van der Waals surface area contributed by atoms with E-state index in [2.05, 4.69) is 0 Å². The van der Waals surface area contributed by atoms with E-state index >= 15 is 0 Å². The van der Waals surface area contributed by atoms with Gasteiger partial charge >= 0.3 is 11.9 Å². The molecular weight excluding hydrogens is 335 g/mol. The third-order valence-corrected chi connectivity index (χ3v) is 4.29. The van der Waals surface area contributed by atoms with Gasteiger partial charge in [0.1, 0.15) is 0 Å². The largest absolute Gasteiger partial charge is 0.481 e. The normalized spacial score (nSPS) is 33.4. The van der Waals surface area contributed by atoms with Crippen LogP contribution in [0.15, 0.2) is 9.66 Å². The van der Waals surface area contributed by atoms with Gasteiger partial charge in [0.05, 0.1) is 10.8 Å². The average Bonchev–Trinajstić information content (AvgIpc) is 2.15. The molecule has 0 aromatic carbocycles. The van der Waals surface area contributed by atoms with Crippen LogP contribution < -0.4 is 0 Å². The summed E-state index contributed by atoms with van der Waals surface area (Å²) in [5.41, 5.74) is -2.06. The number of carbonyl (C=O) groups is 2. The molecule has 4 nitrogen and oxygen atoms in total. The molecule has 0 aromatic rings. The van der Waals surface area contributed by atoms with Crippen LogP contribution in [0.3, 0.4) is 0 Å². The number of rotatable bonds is 3. The second-order valence-corrected chi connectivity index (χ2v) is 6.70. The highest BCUT2D eigenvalue weighted by atomic mass is 127. The van der Waals surface area contributed by atoms with Crippen molar-refractivity contribution in [3.8, 4) is 0 Å². The quantitative estimate of drug-likeness (QED) is 0.766. The van der Waals surface area contributed by atoms with Crippen molar-refractivity contribution in [2.24, 2.45) is 16.7 Å². The minimum atomic E-state index is -1.07. The lowest BCUT2D eigenvalue weighted by atomic mass is 9.62. The SMILES string of the molecule is CC(C)C1(C(=O)O)C=C(I)CC(C)(C(=O)O)C1. The number of aliphatic carboxylic acids is 2. The maximum atomic E-state index is 11.5. The Morgan fingerprint density at radius 2 is 1.88 bits per heavy atom. The van der Waals surface area contributed by atoms with Crippen molar-refractivity contribution in [2.45, 2.75) is 33.6 Å². The van der Waals surface area contributed by atoms with Crippen LogP contribution in [0, 0.1) is 16.7 Å². The molecular formula is C12H17IO4. The molecule has 5 heteroatoms. The Labute approximate surface area is 114 Å². The summed E-state index contributed by atoms with van der Waals surface area (Å²) in [5.74, 6) is -2.00. The third-order valence-electron chi connectivity index (χ3n) is 3.60. The Bertz CT molecular complexity index is 388. The van der Waals surface area contributed by atoms with Gasteiger partial charge in [-0.3, -0.25) is 9.59 Å². The minimum Gasteiger partial charge on any atom is -0.481 e. The van der Waals surface area contributed by atoms with Gasteiger partial charge in [-0.25, -0.2) is 0 Å². The molecule has 0 heterocycles. The van der Waals surface area contributed by atoms with Crippen LogP contribution in [0.25, 0.3) is 0 Å². The monoisotopic (exact) mass is 352 g/mol. The molecule has 0 amide bonds. The lowest BCUT2D eigenvalue weighted by Gasteiger charge is -2.41. The minimum absolute atomic E-state index is 0.135. The smallest absolute Gasteiger partial charge is 0.313 e. The standard InChI is InChI=1S/C12H17IO4/c1-7(2)12(10(16)17)5-8(13)4-11(3,6-12)9(14)15/h5,7H,4,6H2,1-3H3,(H,14,15)(H,16,17). The number of hydrogen-bond donors (Lipinski definition) is 2. The van der Waals surface area contributed by atoms with Crippen LogP contribution in [0.5, 0.6) is 0 Å². The zero-order valence-electron chi connectivity index (χ0n) is 10.2. The second kappa shape index (κ2) is 4.59. The molecule has 1 rings (SSSR count). The van der Waals surface area contributed by atoms with Gasteiger partial charge in [-0.2, -0.15) is 0 Å². The summed E-state index contributed by atoms with van der Waals surface area (Å²) >= 11 is 2.04. The van der Waals surface area contributed by atoms with Crippen LogP contribution in [0.4, 0.5) is 0 Å². The highest BCUT2D eigenvalue weighted by molar-refractivity contribution is 14.1. The van der Waals surface area contributed by atoms with Crippen molar-refractivity contribution < 1.29 is 19.8 Å². The first kappa shape index (κ1) is 14.5. The Balaban J connectivity index is 3.30. The highest BCUT2D eigenvalue weighted by Gasteiger charge is 2.51. The van der Waals surface area contributed by atoms with Crippen molar-refractivity contribution in [1.82, 2.24) is 0 Å². The van der Waals surface area contributed by atoms with Crippen molar-refractivity contribution in [3.05, 3.63) is 9.66 Å². The molecule has 0 aliphatic heterocycles. The third kappa shape index (κ3) is 2.48. The van der Waals surface area contributed by atoms with Gasteiger partial charge < -0.3 is 10.2 Å². The molecule has 2 atom stereocenters. The first-order valence-corrected chi connectivity index (χ1v) is 6.56. The van der Waals surface area contributed by atoms with E-state index in [9.17, 15) is 19.8 Å². The molecule has 0 bridgehead atoms. The van der Waals surface area contributed by atoms with Crippen LogP contribution >= 0.6 is 22.6 Å². The summed E-state index contributed by atoms with van der Waals surface area (Å²) in [7, 11) is 0.